The summed E-state index contributed by atoms with van der Waals surface area (Å²) in [7, 11) is 0. The van der Waals surface area contributed by atoms with E-state index in [0.717, 1.165) is 15.4 Å². The van der Waals surface area contributed by atoms with E-state index < -0.39 is 0 Å². The Hall–Kier alpha value is -1.07. The Bertz CT molecular complexity index is 513. The third-order valence-corrected chi connectivity index (χ3v) is 3.05. The summed E-state index contributed by atoms with van der Waals surface area (Å²) < 4.78 is 0.780. The molecule has 0 atom stereocenters. The summed E-state index contributed by atoms with van der Waals surface area (Å²) in [6.07, 6.45) is 1.60. The maximum atomic E-state index is 11.6. The van der Waals surface area contributed by atoms with Crippen molar-refractivity contribution < 1.29 is 4.79 Å². The van der Waals surface area contributed by atoms with Crippen molar-refractivity contribution in [2.75, 3.05) is 6.54 Å². The molecular weight excluding hydrogens is 293 g/mol. The molecule has 4 nitrogen and oxygen atoms in total. The van der Waals surface area contributed by atoms with E-state index in [0.29, 0.717) is 17.4 Å². The zero-order valence-electron chi connectivity index (χ0n) is 8.47. The van der Waals surface area contributed by atoms with E-state index >= 15 is 0 Å². The number of hydrogen-bond donors (Lipinski definition) is 2. The lowest BCUT2D eigenvalue weighted by Gasteiger charge is -1.97. The van der Waals surface area contributed by atoms with Gasteiger partial charge in [0.25, 0.3) is 5.91 Å². The number of amides is 1. The molecule has 2 N–H and O–H groups in total. The van der Waals surface area contributed by atoms with Crippen molar-refractivity contribution in [1.82, 2.24) is 15.3 Å². The summed E-state index contributed by atoms with van der Waals surface area (Å²) in [5, 5.41) is 3.83. The number of pyridine rings is 1. The fourth-order valence-electron chi connectivity index (χ4n) is 1.43. The number of nitrogens with one attached hydrogen (secondary N) is 2. The highest BCUT2D eigenvalue weighted by Crippen LogP contribution is 2.28. The summed E-state index contributed by atoms with van der Waals surface area (Å²) in [6.45, 7) is 2.45. The summed E-state index contributed by atoms with van der Waals surface area (Å²) in [4.78, 5) is 18.6. The molecule has 0 unspecified atom stereocenters. The summed E-state index contributed by atoms with van der Waals surface area (Å²) in [6, 6.07) is 1.69. The molecule has 0 aliphatic carbocycles. The van der Waals surface area contributed by atoms with Crippen molar-refractivity contribution in [3.05, 3.63) is 27.6 Å². The van der Waals surface area contributed by atoms with Gasteiger partial charge in [-0.2, -0.15) is 0 Å². The second kappa shape index (κ2) is 4.43. The van der Waals surface area contributed by atoms with Crippen molar-refractivity contribution >= 4 is 44.3 Å². The first-order chi connectivity index (χ1) is 7.63. The standard InChI is InChI=1S/C10H9BrClN3O/c1-2-13-10(16)7-3-5-8(15-7)6(11)4-14-9(5)12/h3-4,15H,2H2,1H3,(H,13,16). The Morgan fingerprint density at radius 2 is 2.44 bits per heavy atom. The molecule has 0 spiro atoms. The van der Waals surface area contributed by atoms with Crippen LogP contribution in [0.25, 0.3) is 10.9 Å². The molecule has 0 aromatic carbocycles. The Kier molecular flexibility index (Phi) is 3.16. The molecule has 0 radical (unpaired) electrons. The van der Waals surface area contributed by atoms with Gasteiger partial charge in [0.15, 0.2) is 0 Å². The molecule has 2 aromatic heterocycles. The largest absolute Gasteiger partial charge is 0.351 e. The van der Waals surface area contributed by atoms with E-state index in [1.807, 2.05) is 6.92 Å². The molecule has 0 fully saturated rings. The number of aromatic amines is 1. The Balaban J connectivity index is 2.55. The monoisotopic (exact) mass is 301 g/mol. The second-order valence-corrected chi connectivity index (χ2v) is 4.44. The molecule has 0 aliphatic heterocycles. The molecule has 1 amide bonds. The van der Waals surface area contributed by atoms with Crippen LogP contribution in [0.4, 0.5) is 0 Å². The van der Waals surface area contributed by atoms with Crippen LogP contribution in [0.1, 0.15) is 17.4 Å². The highest BCUT2D eigenvalue weighted by Gasteiger charge is 2.12. The summed E-state index contributed by atoms with van der Waals surface area (Å²) in [5.41, 5.74) is 1.26. The lowest BCUT2D eigenvalue weighted by atomic mass is 10.3. The summed E-state index contributed by atoms with van der Waals surface area (Å²) in [5.74, 6) is -0.151. The normalized spacial score (nSPS) is 10.7. The third-order valence-electron chi connectivity index (χ3n) is 2.15. The van der Waals surface area contributed by atoms with E-state index in [4.69, 9.17) is 11.6 Å². The van der Waals surface area contributed by atoms with Crippen molar-refractivity contribution in [3.8, 4) is 0 Å². The smallest absolute Gasteiger partial charge is 0.267 e. The predicted octanol–water partition coefficient (Wildman–Crippen LogP) is 2.73. The number of carbonyl (C=O) groups excluding carboxylic acids is 1. The number of fused-ring (bicyclic) bond motifs is 1. The van der Waals surface area contributed by atoms with Gasteiger partial charge in [0.05, 0.1) is 9.99 Å². The number of aromatic nitrogens is 2. The highest BCUT2D eigenvalue weighted by atomic mass is 79.9. The van der Waals surface area contributed by atoms with Gasteiger partial charge in [-0.25, -0.2) is 4.98 Å². The Morgan fingerprint density at radius 3 is 3.06 bits per heavy atom. The predicted molar refractivity (Wildman–Crippen MR) is 66.8 cm³/mol. The molecule has 0 saturated heterocycles. The van der Waals surface area contributed by atoms with Crippen LogP contribution in [0.15, 0.2) is 16.7 Å². The lowest BCUT2D eigenvalue weighted by Crippen LogP contribution is -2.22. The minimum atomic E-state index is -0.151. The van der Waals surface area contributed by atoms with Gasteiger partial charge < -0.3 is 10.3 Å². The van der Waals surface area contributed by atoms with Crippen molar-refractivity contribution in [1.29, 1.82) is 0 Å². The van der Waals surface area contributed by atoms with Gasteiger partial charge in [0, 0.05) is 18.1 Å². The molecule has 0 saturated carbocycles. The first-order valence-electron chi connectivity index (χ1n) is 4.74. The minimum absolute atomic E-state index is 0.151. The Labute approximate surface area is 106 Å². The third kappa shape index (κ3) is 1.92. The maximum absolute atomic E-state index is 11.6. The number of nitrogens with zero attached hydrogens (tertiary/aromatic N) is 1. The van der Waals surface area contributed by atoms with Gasteiger partial charge in [-0.15, -0.1) is 0 Å². The molecule has 6 heteroatoms. The molecule has 2 heterocycles. The first-order valence-corrected chi connectivity index (χ1v) is 5.91. The van der Waals surface area contributed by atoms with Gasteiger partial charge >= 0.3 is 0 Å². The van der Waals surface area contributed by atoms with Gasteiger partial charge in [-0.05, 0) is 28.9 Å². The van der Waals surface area contributed by atoms with Crippen LogP contribution in [-0.2, 0) is 0 Å². The van der Waals surface area contributed by atoms with Gasteiger partial charge in [0.1, 0.15) is 10.8 Å². The molecule has 16 heavy (non-hydrogen) atoms. The van der Waals surface area contributed by atoms with E-state index in [1.165, 1.54) is 0 Å². The zero-order valence-corrected chi connectivity index (χ0v) is 10.8. The fourth-order valence-corrected chi connectivity index (χ4v) is 2.04. The van der Waals surface area contributed by atoms with Crippen LogP contribution >= 0.6 is 27.5 Å². The zero-order chi connectivity index (χ0) is 11.7. The average Bonchev–Trinajstić information content (AvgIpc) is 2.70. The van der Waals surface area contributed by atoms with E-state index in [2.05, 4.69) is 31.2 Å². The van der Waals surface area contributed by atoms with Crippen molar-refractivity contribution in [2.24, 2.45) is 0 Å². The average molecular weight is 303 g/mol. The Morgan fingerprint density at radius 1 is 1.69 bits per heavy atom. The number of hydrogen-bond acceptors (Lipinski definition) is 2. The maximum Gasteiger partial charge on any atom is 0.267 e. The van der Waals surface area contributed by atoms with Crippen LogP contribution < -0.4 is 5.32 Å². The molecular formula is C10H9BrClN3O. The lowest BCUT2D eigenvalue weighted by molar-refractivity contribution is 0.0951. The van der Waals surface area contributed by atoms with Crippen LogP contribution in [-0.4, -0.2) is 22.4 Å². The fraction of sp³-hybridized carbons (Fsp3) is 0.200. The van der Waals surface area contributed by atoms with Crippen LogP contribution in [0.3, 0.4) is 0 Å². The summed E-state index contributed by atoms with van der Waals surface area (Å²) >= 11 is 9.29. The molecule has 2 aromatic rings. The molecule has 0 bridgehead atoms. The number of carbonyl (C=O) groups is 1. The molecule has 84 valence electrons. The second-order valence-electron chi connectivity index (χ2n) is 3.23. The first kappa shape index (κ1) is 11.4. The van der Waals surface area contributed by atoms with Gasteiger partial charge in [-0.1, -0.05) is 11.6 Å². The van der Waals surface area contributed by atoms with Crippen LogP contribution in [0.2, 0.25) is 5.15 Å². The van der Waals surface area contributed by atoms with Crippen LogP contribution in [0, 0.1) is 0 Å². The number of halogens is 2. The van der Waals surface area contributed by atoms with E-state index in [9.17, 15) is 4.79 Å². The van der Waals surface area contributed by atoms with Gasteiger partial charge in [-0.3, -0.25) is 4.79 Å². The molecule has 0 aliphatic rings. The minimum Gasteiger partial charge on any atom is -0.351 e. The van der Waals surface area contributed by atoms with E-state index in [1.54, 1.807) is 12.3 Å². The van der Waals surface area contributed by atoms with Gasteiger partial charge in [0.2, 0.25) is 0 Å². The highest BCUT2D eigenvalue weighted by molar-refractivity contribution is 9.10. The van der Waals surface area contributed by atoms with Crippen LogP contribution in [0.5, 0.6) is 0 Å². The molecule has 2 rings (SSSR count). The number of rotatable bonds is 2. The number of H-pyrrole nitrogens is 1. The SMILES string of the molecule is CCNC(=O)c1cc2c(Cl)ncc(Br)c2[nH]1. The van der Waals surface area contributed by atoms with Crippen molar-refractivity contribution in [3.63, 3.8) is 0 Å². The topological polar surface area (TPSA) is 57.8 Å². The quantitative estimate of drug-likeness (QED) is 0.838. The van der Waals surface area contributed by atoms with E-state index in [-0.39, 0.29) is 5.91 Å². The van der Waals surface area contributed by atoms with Crippen molar-refractivity contribution in [2.45, 2.75) is 6.92 Å².